The number of carbonyl (C=O) groups is 2. The SMILES string of the molecule is CC(C)(CNC(=O)c1ccc(NC(=O)N2Cc3cccnc3C2)cc1)N1CCOCC1. The van der Waals surface area contributed by atoms with Gasteiger partial charge in [-0.25, -0.2) is 4.79 Å². The molecule has 2 aromatic rings. The molecule has 164 valence electrons. The van der Waals surface area contributed by atoms with Crippen molar-refractivity contribution in [2.75, 3.05) is 38.2 Å². The fourth-order valence-electron chi connectivity index (χ4n) is 3.93. The summed E-state index contributed by atoms with van der Waals surface area (Å²) in [6.45, 7) is 9.05. The summed E-state index contributed by atoms with van der Waals surface area (Å²) in [5.41, 5.74) is 3.08. The third-order valence-electron chi connectivity index (χ3n) is 5.92. The Bertz CT molecular complexity index is 913. The molecule has 0 saturated carbocycles. The second kappa shape index (κ2) is 9.03. The number of ether oxygens (including phenoxy) is 1. The van der Waals surface area contributed by atoms with Crippen molar-refractivity contribution in [3.8, 4) is 0 Å². The summed E-state index contributed by atoms with van der Waals surface area (Å²) in [7, 11) is 0. The minimum absolute atomic E-state index is 0.125. The summed E-state index contributed by atoms with van der Waals surface area (Å²) >= 11 is 0. The largest absolute Gasteiger partial charge is 0.379 e. The van der Waals surface area contributed by atoms with Gasteiger partial charge in [0.05, 0.1) is 25.5 Å². The molecular weight excluding hydrogens is 394 g/mol. The van der Waals surface area contributed by atoms with Crippen molar-refractivity contribution in [2.24, 2.45) is 0 Å². The number of rotatable bonds is 5. The van der Waals surface area contributed by atoms with Gasteiger partial charge in [0.1, 0.15) is 0 Å². The lowest BCUT2D eigenvalue weighted by molar-refractivity contribution is -0.00923. The molecule has 1 fully saturated rings. The van der Waals surface area contributed by atoms with Crippen LogP contribution in [0.3, 0.4) is 0 Å². The molecule has 0 spiro atoms. The first-order valence-corrected chi connectivity index (χ1v) is 10.6. The van der Waals surface area contributed by atoms with Gasteiger partial charge in [-0.1, -0.05) is 6.07 Å². The number of hydrogen-bond acceptors (Lipinski definition) is 5. The quantitative estimate of drug-likeness (QED) is 0.772. The number of pyridine rings is 1. The van der Waals surface area contributed by atoms with Crippen LogP contribution in [0.25, 0.3) is 0 Å². The number of urea groups is 1. The maximum atomic E-state index is 12.6. The minimum Gasteiger partial charge on any atom is -0.379 e. The highest BCUT2D eigenvalue weighted by molar-refractivity contribution is 5.95. The maximum absolute atomic E-state index is 12.6. The third-order valence-corrected chi connectivity index (χ3v) is 5.92. The molecule has 31 heavy (non-hydrogen) atoms. The van der Waals surface area contributed by atoms with Crippen molar-refractivity contribution in [2.45, 2.75) is 32.5 Å². The first-order valence-electron chi connectivity index (χ1n) is 10.6. The van der Waals surface area contributed by atoms with Crippen LogP contribution in [-0.4, -0.2) is 65.1 Å². The Balaban J connectivity index is 1.28. The molecule has 1 aromatic heterocycles. The molecule has 3 heterocycles. The van der Waals surface area contributed by atoms with Crippen molar-refractivity contribution in [1.82, 2.24) is 20.1 Å². The van der Waals surface area contributed by atoms with Crippen LogP contribution in [0.5, 0.6) is 0 Å². The first-order chi connectivity index (χ1) is 14.9. The second-order valence-electron chi connectivity index (χ2n) is 8.57. The van der Waals surface area contributed by atoms with Crippen LogP contribution >= 0.6 is 0 Å². The van der Waals surface area contributed by atoms with E-state index in [0.29, 0.717) is 30.9 Å². The Morgan fingerprint density at radius 3 is 2.55 bits per heavy atom. The Morgan fingerprint density at radius 2 is 1.84 bits per heavy atom. The zero-order chi connectivity index (χ0) is 21.8. The van der Waals surface area contributed by atoms with Crippen molar-refractivity contribution in [1.29, 1.82) is 0 Å². The molecule has 2 aliphatic rings. The van der Waals surface area contributed by atoms with Gasteiger partial charge in [-0.2, -0.15) is 0 Å². The second-order valence-corrected chi connectivity index (χ2v) is 8.57. The van der Waals surface area contributed by atoms with Crippen LogP contribution < -0.4 is 10.6 Å². The number of carbonyl (C=O) groups excluding carboxylic acids is 2. The monoisotopic (exact) mass is 423 g/mol. The predicted octanol–water partition coefficient (Wildman–Crippen LogP) is 2.47. The summed E-state index contributed by atoms with van der Waals surface area (Å²) in [4.78, 5) is 33.5. The molecule has 4 rings (SSSR count). The lowest BCUT2D eigenvalue weighted by Crippen LogP contribution is -2.55. The van der Waals surface area contributed by atoms with Crippen LogP contribution in [0.15, 0.2) is 42.6 Å². The molecule has 0 atom stereocenters. The zero-order valence-electron chi connectivity index (χ0n) is 18.1. The van der Waals surface area contributed by atoms with Gasteiger partial charge in [-0.15, -0.1) is 0 Å². The summed E-state index contributed by atoms with van der Waals surface area (Å²) in [5.74, 6) is -0.125. The fraction of sp³-hybridized carbons (Fsp3) is 0.435. The van der Waals surface area contributed by atoms with E-state index in [9.17, 15) is 9.59 Å². The topological polar surface area (TPSA) is 86.8 Å². The van der Waals surface area contributed by atoms with E-state index in [1.54, 1.807) is 35.4 Å². The molecular formula is C23H29N5O3. The Morgan fingerprint density at radius 1 is 1.10 bits per heavy atom. The molecule has 2 aliphatic heterocycles. The highest BCUT2D eigenvalue weighted by Gasteiger charge is 2.29. The van der Waals surface area contributed by atoms with E-state index in [1.165, 1.54) is 0 Å². The third kappa shape index (κ3) is 5.03. The van der Waals surface area contributed by atoms with Gasteiger partial charge >= 0.3 is 6.03 Å². The number of anilines is 1. The number of nitrogens with one attached hydrogen (secondary N) is 2. The Labute approximate surface area is 182 Å². The summed E-state index contributed by atoms with van der Waals surface area (Å²) in [6, 6.07) is 10.7. The highest BCUT2D eigenvalue weighted by atomic mass is 16.5. The van der Waals surface area contributed by atoms with E-state index < -0.39 is 0 Å². The standard InChI is InChI=1S/C23H29N5O3/c1-23(2,28-10-12-31-13-11-28)16-25-21(29)17-5-7-19(8-6-17)26-22(30)27-14-18-4-3-9-24-20(18)15-27/h3-9H,10-16H2,1-2H3,(H,25,29)(H,26,30). The van der Waals surface area contributed by atoms with Crippen molar-refractivity contribution in [3.63, 3.8) is 0 Å². The zero-order valence-corrected chi connectivity index (χ0v) is 18.1. The minimum atomic E-state index is -0.178. The number of hydrogen-bond donors (Lipinski definition) is 2. The smallest absolute Gasteiger partial charge is 0.322 e. The number of nitrogens with zero attached hydrogens (tertiary/aromatic N) is 3. The molecule has 0 bridgehead atoms. The average molecular weight is 424 g/mol. The van der Waals surface area contributed by atoms with Gasteiger partial charge in [0.25, 0.3) is 5.91 Å². The molecule has 0 aliphatic carbocycles. The Hall–Kier alpha value is -2.97. The molecule has 3 amide bonds. The van der Waals surface area contributed by atoms with Gasteiger partial charge in [0.2, 0.25) is 0 Å². The van der Waals surface area contributed by atoms with Gasteiger partial charge < -0.3 is 20.3 Å². The molecule has 0 radical (unpaired) electrons. The van der Waals surface area contributed by atoms with Crippen LogP contribution in [0.4, 0.5) is 10.5 Å². The van der Waals surface area contributed by atoms with Gasteiger partial charge in [0, 0.05) is 49.2 Å². The van der Waals surface area contributed by atoms with Crippen molar-refractivity contribution in [3.05, 3.63) is 59.4 Å². The van der Waals surface area contributed by atoms with Gasteiger partial charge in [-0.3, -0.25) is 14.7 Å². The van der Waals surface area contributed by atoms with E-state index in [0.717, 1.165) is 37.6 Å². The molecule has 2 N–H and O–H groups in total. The highest BCUT2D eigenvalue weighted by Crippen LogP contribution is 2.21. The molecule has 8 nitrogen and oxygen atoms in total. The number of fused-ring (bicyclic) bond motifs is 1. The van der Waals surface area contributed by atoms with E-state index in [1.807, 2.05) is 12.1 Å². The molecule has 1 aromatic carbocycles. The lowest BCUT2D eigenvalue weighted by Gasteiger charge is -2.40. The average Bonchev–Trinajstić information content (AvgIpc) is 3.23. The number of amides is 3. The van der Waals surface area contributed by atoms with E-state index >= 15 is 0 Å². The van der Waals surface area contributed by atoms with Crippen LogP contribution in [0, 0.1) is 0 Å². The fourth-order valence-corrected chi connectivity index (χ4v) is 3.93. The van der Waals surface area contributed by atoms with Gasteiger partial charge in [-0.05, 0) is 49.7 Å². The lowest BCUT2D eigenvalue weighted by atomic mass is 10.0. The van der Waals surface area contributed by atoms with Crippen molar-refractivity contribution < 1.29 is 14.3 Å². The van der Waals surface area contributed by atoms with Crippen LogP contribution in [-0.2, 0) is 17.8 Å². The number of aromatic nitrogens is 1. The summed E-state index contributed by atoms with van der Waals surface area (Å²) in [5, 5.41) is 5.92. The summed E-state index contributed by atoms with van der Waals surface area (Å²) in [6.07, 6.45) is 1.74. The molecule has 8 heteroatoms. The Kier molecular flexibility index (Phi) is 6.20. The normalized spacial score (nSPS) is 16.6. The summed E-state index contributed by atoms with van der Waals surface area (Å²) < 4.78 is 5.41. The first kappa shape index (κ1) is 21.3. The van der Waals surface area contributed by atoms with E-state index in [4.69, 9.17) is 4.74 Å². The van der Waals surface area contributed by atoms with Crippen LogP contribution in [0.2, 0.25) is 0 Å². The predicted molar refractivity (Wildman–Crippen MR) is 118 cm³/mol. The number of benzene rings is 1. The van der Waals surface area contributed by atoms with Crippen molar-refractivity contribution >= 4 is 17.6 Å². The number of morpholine rings is 1. The maximum Gasteiger partial charge on any atom is 0.322 e. The van der Waals surface area contributed by atoms with Crippen LogP contribution in [0.1, 0.15) is 35.5 Å². The van der Waals surface area contributed by atoms with E-state index in [2.05, 4.69) is 34.4 Å². The van der Waals surface area contributed by atoms with E-state index in [-0.39, 0.29) is 17.5 Å². The molecule has 0 unspecified atom stereocenters. The van der Waals surface area contributed by atoms with Gasteiger partial charge in [0.15, 0.2) is 0 Å². The molecule has 1 saturated heterocycles.